The number of amides is 1. The van der Waals surface area contributed by atoms with Crippen molar-refractivity contribution in [1.82, 2.24) is 10.3 Å². The third-order valence-electron chi connectivity index (χ3n) is 2.64. The van der Waals surface area contributed by atoms with Crippen molar-refractivity contribution in [3.63, 3.8) is 0 Å². The highest BCUT2D eigenvalue weighted by Gasteiger charge is 2.12. The Bertz CT molecular complexity index is 614. The molecule has 0 aliphatic rings. The minimum atomic E-state index is -0.503. The number of benzene rings is 1. The van der Waals surface area contributed by atoms with Gasteiger partial charge in [0.05, 0.1) is 5.52 Å². The van der Waals surface area contributed by atoms with Gasteiger partial charge in [-0.2, -0.15) is 0 Å². The maximum absolute atomic E-state index is 11.8. The van der Waals surface area contributed by atoms with Gasteiger partial charge in [0, 0.05) is 18.2 Å². The van der Waals surface area contributed by atoms with E-state index in [0.29, 0.717) is 23.3 Å². The first-order valence-electron chi connectivity index (χ1n) is 5.68. The number of rotatable bonds is 4. The number of aromatic nitrogens is 1. The molecule has 1 aromatic carbocycles. The van der Waals surface area contributed by atoms with E-state index in [0.717, 1.165) is 0 Å². The molecule has 6 nitrogen and oxygen atoms in total. The average Bonchev–Trinajstić information content (AvgIpc) is 2.68. The highest BCUT2D eigenvalue weighted by molar-refractivity contribution is 5.94. The molecule has 2 aromatic rings. The molecule has 0 spiro atoms. The van der Waals surface area contributed by atoms with Crippen LogP contribution in [0.25, 0.3) is 11.1 Å². The van der Waals surface area contributed by atoms with Crippen molar-refractivity contribution in [2.45, 2.75) is 6.92 Å². The lowest BCUT2D eigenvalue weighted by atomic mass is 10.1. The molecule has 2 rings (SSSR count). The van der Waals surface area contributed by atoms with E-state index in [9.17, 15) is 9.59 Å². The van der Waals surface area contributed by atoms with Crippen LogP contribution in [-0.4, -0.2) is 24.5 Å². The van der Waals surface area contributed by atoms with E-state index in [1.165, 1.54) is 0 Å². The van der Waals surface area contributed by atoms with Crippen LogP contribution in [0.3, 0.4) is 0 Å². The fourth-order valence-electron chi connectivity index (χ4n) is 1.69. The molecule has 18 heavy (non-hydrogen) atoms. The predicted octanol–water partition coefficient (Wildman–Crippen LogP) is 0.915. The van der Waals surface area contributed by atoms with Crippen LogP contribution in [0.5, 0.6) is 0 Å². The van der Waals surface area contributed by atoms with E-state index < -0.39 is 5.76 Å². The first-order chi connectivity index (χ1) is 8.60. The van der Waals surface area contributed by atoms with Crippen molar-refractivity contribution >= 4 is 22.7 Å². The highest BCUT2D eigenvalue weighted by atomic mass is 16.4. The van der Waals surface area contributed by atoms with Crippen LogP contribution in [0.15, 0.2) is 27.4 Å². The van der Waals surface area contributed by atoms with Gasteiger partial charge >= 0.3 is 5.76 Å². The van der Waals surface area contributed by atoms with Crippen molar-refractivity contribution < 1.29 is 9.21 Å². The number of hydrogen-bond acceptors (Lipinski definition) is 4. The second-order valence-electron chi connectivity index (χ2n) is 4.17. The number of carbonyl (C=O) groups is 1. The summed E-state index contributed by atoms with van der Waals surface area (Å²) in [5.41, 5.74) is 1.67. The van der Waals surface area contributed by atoms with Gasteiger partial charge in [-0.3, -0.25) is 9.78 Å². The number of nitrogens with one attached hydrogen (secondary N) is 3. The summed E-state index contributed by atoms with van der Waals surface area (Å²) in [4.78, 5) is 25.3. The van der Waals surface area contributed by atoms with Crippen molar-refractivity contribution in [3.05, 3.63) is 28.7 Å². The molecule has 1 heterocycles. The summed E-state index contributed by atoms with van der Waals surface area (Å²) in [5.74, 6) is -0.708. The second-order valence-corrected chi connectivity index (χ2v) is 4.17. The molecule has 96 valence electrons. The van der Waals surface area contributed by atoms with Crippen molar-refractivity contribution in [2.24, 2.45) is 5.92 Å². The Kier molecular flexibility index (Phi) is 3.47. The molecule has 0 aliphatic heterocycles. The van der Waals surface area contributed by atoms with E-state index in [-0.39, 0.29) is 11.8 Å². The van der Waals surface area contributed by atoms with Crippen LogP contribution in [0.4, 0.5) is 5.69 Å². The van der Waals surface area contributed by atoms with Crippen LogP contribution in [-0.2, 0) is 4.79 Å². The van der Waals surface area contributed by atoms with E-state index >= 15 is 0 Å². The number of hydrogen-bond donors (Lipinski definition) is 3. The SMILES string of the molecule is CNCC(C)C(=O)Nc1ccc2oc(=O)[nH]c2c1. The van der Waals surface area contributed by atoms with E-state index in [1.807, 2.05) is 6.92 Å². The number of oxazole rings is 1. The minimum Gasteiger partial charge on any atom is -0.408 e. The Hall–Kier alpha value is -2.08. The number of fused-ring (bicyclic) bond motifs is 1. The van der Waals surface area contributed by atoms with Gasteiger partial charge in [-0.15, -0.1) is 0 Å². The zero-order chi connectivity index (χ0) is 13.1. The zero-order valence-electron chi connectivity index (χ0n) is 10.2. The van der Waals surface area contributed by atoms with Crippen molar-refractivity contribution in [1.29, 1.82) is 0 Å². The number of H-pyrrole nitrogens is 1. The lowest BCUT2D eigenvalue weighted by Gasteiger charge is -2.11. The Labute approximate surface area is 103 Å². The molecule has 0 saturated heterocycles. The summed E-state index contributed by atoms with van der Waals surface area (Å²) >= 11 is 0. The second kappa shape index (κ2) is 5.05. The van der Waals surface area contributed by atoms with E-state index in [1.54, 1.807) is 25.2 Å². The first-order valence-corrected chi connectivity index (χ1v) is 5.68. The standard InChI is InChI=1S/C12H15N3O3/c1-7(6-13-2)11(16)14-8-3-4-10-9(5-8)15-12(17)18-10/h3-5,7,13H,6H2,1-2H3,(H,14,16)(H,15,17). The summed E-state index contributed by atoms with van der Waals surface area (Å²) in [6.45, 7) is 2.45. The highest BCUT2D eigenvalue weighted by Crippen LogP contribution is 2.16. The van der Waals surface area contributed by atoms with Gasteiger partial charge in [0.25, 0.3) is 0 Å². The number of anilines is 1. The maximum atomic E-state index is 11.8. The van der Waals surface area contributed by atoms with Crippen molar-refractivity contribution in [3.8, 4) is 0 Å². The molecule has 1 atom stereocenters. The summed E-state index contributed by atoms with van der Waals surface area (Å²) < 4.78 is 4.88. The molecule has 0 aliphatic carbocycles. The molecule has 1 unspecified atom stereocenters. The fraction of sp³-hybridized carbons (Fsp3) is 0.333. The lowest BCUT2D eigenvalue weighted by molar-refractivity contribution is -0.119. The normalized spacial score (nSPS) is 12.6. The monoisotopic (exact) mass is 249 g/mol. The topological polar surface area (TPSA) is 87.1 Å². The van der Waals surface area contributed by atoms with Gasteiger partial charge in [0.2, 0.25) is 5.91 Å². The number of carbonyl (C=O) groups excluding carboxylic acids is 1. The molecular formula is C12H15N3O3. The van der Waals surface area contributed by atoms with Gasteiger partial charge in [-0.05, 0) is 25.2 Å². The van der Waals surface area contributed by atoms with Crippen LogP contribution in [0.2, 0.25) is 0 Å². The Balaban J connectivity index is 2.16. The Morgan fingerprint density at radius 2 is 2.28 bits per heavy atom. The molecule has 1 amide bonds. The summed E-state index contributed by atoms with van der Waals surface area (Å²) in [6, 6.07) is 5.01. The van der Waals surface area contributed by atoms with E-state index in [2.05, 4.69) is 15.6 Å². The molecule has 0 radical (unpaired) electrons. The Morgan fingerprint density at radius 3 is 3.00 bits per heavy atom. The molecule has 6 heteroatoms. The summed E-state index contributed by atoms with van der Waals surface area (Å²) in [6.07, 6.45) is 0. The lowest BCUT2D eigenvalue weighted by Crippen LogP contribution is -2.28. The molecular weight excluding hydrogens is 234 g/mol. The van der Waals surface area contributed by atoms with Gasteiger partial charge in [-0.1, -0.05) is 6.92 Å². The van der Waals surface area contributed by atoms with Crippen LogP contribution < -0.4 is 16.4 Å². The molecule has 1 aromatic heterocycles. The molecule has 0 saturated carbocycles. The summed E-state index contributed by atoms with van der Waals surface area (Å²) in [5, 5.41) is 5.73. The quantitative estimate of drug-likeness (QED) is 0.751. The Morgan fingerprint density at radius 1 is 1.50 bits per heavy atom. The van der Waals surface area contributed by atoms with Crippen LogP contribution >= 0.6 is 0 Å². The van der Waals surface area contributed by atoms with Crippen molar-refractivity contribution in [2.75, 3.05) is 18.9 Å². The summed E-state index contributed by atoms with van der Waals surface area (Å²) in [7, 11) is 1.80. The third kappa shape index (κ3) is 2.60. The smallest absolute Gasteiger partial charge is 0.408 e. The van der Waals surface area contributed by atoms with Gasteiger partial charge in [0.15, 0.2) is 5.58 Å². The van der Waals surface area contributed by atoms with Crippen LogP contribution in [0.1, 0.15) is 6.92 Å². The minimum absolute atomic E-state index is 0.0745. The molecule has 3 N–H and O–H groups in total. The zero-order valence-corrected chi connectivity index (χ0v) is 10.2. The van der Waals surface area contributed by atoms with Gasteiger partial charge in [-0.25, -0.2) is 4.79 Å². The average molecular weight is 249 g/mol. The number of aromatic amines is 1. The van der Waals surface area contributed by atoms with E-state index in [4.69, 9.17) is 4.42 Å². The third-order valence-corrected chi connectivity index (χ3v) is 2.64. The molecule has 0 fully saturated rings. The fourth-order valence-corrected chi connectivity index (χ4v) is 1.69. The van der Waals surface area contributed by atoms with Gasteiger partial charge < -0.3 is 15.1 Å². The first kappa shape index (κ1) is 12.4. The molecule has 0 bridgehead atoms. The largest absolute Gasteiger partial charge is 0.417 e. The van der Waals surface area contributed by atoms with Gasteiger partial charge in [0.1, 0.15) is 0 Å². The van der Waals surface area contributed by atoms with Crippen LogP contribution in [0, 0.1) is 5.92 Å². The maximum Gasteiger partial charge on any atom is 0.417 e. The predicted molar refractivity (Wildman–Crippen MR) is 68.6 cm³/mol.